The van der Waals surface area contributed by atoms with Crippen molar-refractivity contribution in [1.82, 2.24) is 10.6 Å². The average molecular weight is 280 g/mol. The fraction of sp³-hybridized carbons (Fsp3) is 0.118. The van der Waals surface area contributed by atoms with Gasteiger partial charge in [0, 0.05) is 5.70 Å². The van der Waals surface area contributed by atoms with Gasteiger partial charge < -0.3 is 10.6 Å². The largest absolute Gasteiger partial charge is 0.352 e. The van der Waals surface area contributed by atoms with Crippen molar-refractivity contribution in [2.24, 2.45) is 0 Å². The van der Waals surface area contributed by atoms with Crippen molar-refractivity contribution in [1.29, 1.82) is 0 Å². The van der Waals surface area contributed by atoms with Gasteiger partial charge in [0.25, 0.3) is 0 Å². The zero-order valence-electron chi connectivity index (χ0n) is 11.3. The van der Waals surface area contributed by atoms with Crippen LogP contribution in [0.1, 0.15) is 22.7 Å². The standard InChI is InChI=1S/C17H16N2S/c1-12-7-9-14(10-8-12)16-11-15(18-17(20)19-16)13-5-3-2-4-6-13/h2-11,15H,1H3,(H2,18,19,20). The Hall–Kier alpha value is -2.13. The van der Waals surface area contributed by atoms with E-state index in [1.807, 2.05) is 18.2 Å². The summed E-state index contributed by atoms with van der Waals surface area (Å²) in [5.74, 6) is 0. The first kappa shape index (κ1) is 12.9. The molecule has 2 N–H and O–H groups in total. The summed E-state index contributed by atoms with van der Waals surface area (Å²) >= 11 is 5.32. The maximum absolute atomic E-state index is 5.32. The van der Waals surface area contributed by atoms with Crippen molar-refractivity contribution in [3.05, 3.63) is 77.4 Å². The molecule has 2 aromatic carbocycles. The fourth-order valence-corrected chi connectivity index (χ4v) is 2.53. The SMILES string of the molecule is Cc1ccc(C2=CC(c3ccccc3)NC(=S)N2)cc1. The predicted molar refractivity (Wildman–Crippen MR) is 87.2 cm³/mol. The van der Waals surface area contributed by atoms with Crippen LogP contribution in [0.25, 0.3) is 5.70 Å². The highest BCUT2D eigenvalue weighted by Crippen LogP contribution is 2.23. The minimum absolute atomic E-state index is 0.112. The molecular weight excluding hydrogens is 264 g/mol. The lowest BCUT2D eigenvalue weighted by molar-refractivity contribution is 0.765. The number of hydrogen-bond acceptors (Lipinski definition) is 1. The van der Waals surface area contributed by atoms with Crippen LogP contribution in [0.3, 0.4) is 0 Å². The van der Waals surface area contributed by atoms with E-state index in [9.17, 15) is 0 Å². The molecule has 1 atom stereocenters. The Balaban J connectivity index is 1.96. The molecule has 2 nitrogen and oxygen atoms in total. The third-order valence-electron chi connectivity index (χ3n) is 3.39. The van der Waals surface area contributed by atoms with E-state index in [4.69, 9.17) is 12.2 Å². The van der Waals surface area contributed by atoms with Crippen molar-refractivity contribution in [3.63, 3.8) is 0 Å². The molecule has 0 aliphatic carbocycles. The molecule has 1 aliphatic heterocycles. The Morgan fingerprint density at radius 1 is 0.950 bits per heavy atom. The van der Waals surface area contributed by atoms with Gasteiger partial charge in [0.15, 0.2) is 5.11 Å². The fourth-order valence-electron chi connectivity index (χ4n) is 2.29. The van der Waals surface area contributed by atoms with Gasteiger partial charge in [0.2, 0.25) is 0 Å². The number of hydrogen-bond donors (Lipinski definition) is 2. The molecule has 1 unspecified atom stereocenters. The zero-order valence-corrected chi connectivity index (χ0v) is 12.1. The Morgan fingerprint density at radius 2 is 1.65 bits per heavy atom. The van der Waals surface area contributed by atoms with Gasteiger partial charge in [-0.15, -0.1) is 0 Å². The summed E-state index contributed by atoms with van der Waals surface area (Å²) < 4.78 is 0. The molecule has 0 fully saturated rings. The lowest BCUT2D eigenvalue weighted by Crippen LogP contribution is -2.40. The molecule has 1 aliphatic rings. The van der Waals surface area contributed by atoms with Crippen molar-refractivity contribution in [2.75, 3.05) is 0 Å². The van der Waals surface area contributed by atoms with Gasteiger partial charge in [-0.2, -0.15) is 0 Å². The van der Waals surface area contributed by atoms with E-state index in [2.05, 4.69) is 60.0 Å². The maximum Gasteiger partial charge on any atom is 0.171 e. The average Bonchev–Trinajstić information content (AvgIpc) is 2.48. The van der Waals surface area contributed by atoms with E-state index >= 15 is 0 Å². The van der Waals surface area contributed by atoms with Crippen LogP contribution in [-0.4, -0.2) is 5.11 Å². The number of benzene rings is 2. The first-order chi connectivity index (χ1) is 9.72. The molecule has 0 spiro atoms. The Morgan fingerprint density at radius 3 is 2.35 bits per heavy atom. The minimum atomic E-state index is 0.112. The van der Waals surface area contributed by atoms with Crippen LogP contribution in [0, 0.1) is 6.92 Å². The second kappa shape index (κ2) is 5.47. The number of aryl methyl sites for hydroxylation is 1. The van der Waals surface area contributed by atoms with Gasteiger partial charge in [0.05, 0.1) is 6.04 Å². The van der Waals surface area contributed by atoms with Crippen LogP contribution < -0.4 is 10.6 Å². The van der Waals surface area contributed by atoms with Crippen LogP contribution in [0.2, 0.25) is 0 Å². The molecular formula is C17H16N2S. The Labute approximate surface area is 124 Å². The highest BCUT2D eigenvalue weighted by Gasteiger charge is 2.17. The summed E-state index contributed by atoms with van der Waals surface area (Å²) in [6.45, 7) is 2.09. The van der Waals surface area contributed by atoms with Crippen LogP contribution in [0.5, 0.6) is 0 Å². The third-order valence-corrected chi connectivity index (χ3v) is 3.61. The van der Waals surface area contributed by atoms with Gasteiger partial charge in [-0.3, -0.25) is 0 Å². The van der Waals surface area contributed by atoms with Gasteiger partial charge in [0.1, 0.15) is 0 Å². The van der Waals surface area contributed by atoms with Crippen molar-refractivity contribution < 1.29 is 0 Å². The lowest BCUT2D eigenvalue weighted by atomic mass is 10.0. The van der Waals surface area contributed by atoms with E-state index in [1.165, 1.54) is 11.1 Å². The molecule has 0 radical (unpaired) electrons. The predicted octanol–water partition coefficient (Wildman–Crippen LogP) is 3.55. The Kier molecular flexibility index (Phi) is 3.52. The van der Waals surface area contributed by atoms with E-state index in [1.54, 1.807) is 0 Å². The minimum Gasteiger partial charge on any atom is -0.352 e. The van der Waals surface area contributed by atoms with Crippen molar-refractivity contribution in [2.45, 2.75) is 13.0 Å². The van der Waals surface area contributed by atoms with Crippen LogP contribution in [0.15, 0.2) is 60.7 Å². The smallest absolute Gasteiger partial charge is 0.171 e. The molecule has 0 aromatic heterocycles. The van der Waals surface area contributed by atoms with Crippen LogP contribution in [0.4, 0.5) is 0 Å². The van der Waals surface area contributed by atoms with Gasteiger partial charge in [-0.25, -0.2) is 0 Å². The van der Waals surface area contributed by atoms with E-state index in [-0.39, 0.29) is 6.04 Å². The molecule has 0 bridgehead atoms. The molecule has 0 saturated carbocycles. The molecule has 2 aromatic rings. The monoisotopic (exact) mass is 280 g/mol. The van der Waals surface area contributed by atoms with Crippen molar-refractivity contribution >= 4 is 23.0 Å². The van der Waals surface area contributed by atoms with Gasteiger partial charge >= 0.3 is 0 Å². The normalized spacial score (nSPS) is 17.9. The summed E-state index contributed by atoms with van der Waals surface area (Å²) in [4.78, 5) is 0. The lowest BCUT2D eigenvalue weighted by Gasteiger charge is -2.26. The summed E-state index contributed by atoms with van der Waals surface area (Å²) in [7, 11) is 0. The summed E-state index contributed by atoms with van der Waals surface area (Å²) in [5, 5.41) is 7.18. The Bertz CT molecular complexity index is 644. The summed E-state index contributed by atoms with van der Waals surface area (Å²) in [6.07, 6.45) is 2.18. The molecule has 100 valence electrons. The highest BCUT2D eigenvalue weighted by atomic mass is 32.1. The molecule has 0 amide bonds. The van der Waals surface area contributed by atoms with Crippen LogP contribution in [-0.2, 0) is 0 Å². The summed E-state index contributed by atoms with van der Waals surface area (Å²) in [6, 6.07) is 18.9. The second-order valence-electron chi connectivity index (χ2n) is 4.93. The zero-order chi connectivity index (χ0) is 13.9. The molecule has 0 saturated heterocycles. The first-order valence-corrected chi connectivity index (χ1v) is 7.04. The first-order valence-electron chi connectivity index (χ1n) is 6.64. The topological polar surface area (TPSA) is 24.1 Å². The molecule has 20 heavy (non-hydrogen) atoms. The number of nitrogens with one attached hydrogen (secondary N) is 2. The van der Waals surface area contributed by atoms with Gasteiger partial charge in [-0.1, -0.05) is 60.2 Å². The van der Waals surface area contributed by atoms with Gasteiger partial charge in [-0.05, 0) is 36.3 Å². The van der Waals surface area contributed by atoms with Crippen LogP contribution >= 0.6 is 12.2 Å². The third kappa shape index (κ3) is 2.73. The molecule has 3 heteroatoms. The number of thiocarbonyl (C=S) groups is 1. The number of rotatable bonds is 2. The van der Waals surface area contributed by atoms with E-state index in [0.717, 1.165) is 11.3 Å². The summed E-state index contributed by atoms with van der Waals surface area (Å²) in [5.41, 5.74) is 4.68. The quantitative estimate of drug-likeness (QED) is 0.823. The van der Waals surface area contributed by atoms with E-state index in [0.29, 0.717) is 5.11 Å². The van der Waals surface area contributed by atoms with Crippen molar-refractivity contribution in [3.8, 4) is 0 Å². The van der Waals surface area contributed by atoms with E-state index < -0.39 is 0 Å². The second-order valence-corrected chi connectivity index (χ2v) is 5.34. The molecule has 3 rings (SSSR count). The molecule has 1 heterocycles. The highest BCUT2D eigenvalue weighted by molar-refractivity contribution is 7.80. The maximum atomic E-state index is 5.32.